The molecule has 0 aliphatic carbocycles. The number of carbonyl (C=O) groups excluding carboxylic acids is 2. The van der Waals surface area contributed by atoms with Gasteiger partial charge in [0.05, 0.1) is 39.8 Å². The number of nitriles is 1. The van der Waals surface area contributed by atoms with Gasteiger partial charge in [-0.3, -0.25) is 14.6 Å². The van der Waals surface area contributed by atoms with E-state index in [0.29, 0.717) is 39.6 Å². The van der Waals surface area contributed by atoms with Crippen LogP contribution in [-0.2, 0) is 0 Å². The first-order valence-corrected chi connectivity index (χ1v) is 10.8. The Labute approximate surface area is 206 Å². The van der Waals surface area contributed by atoms with Crippen molar-refractivity contribution < 1.29 is 9.59 Å². The van der Waals surface area contributed by atoms with E-state index >= 15 is 0 Å². The molecule has 9 heteroatoms. The maximum atomic E-state index is 12.9. The van der Waals surface area contributed by atoms with Crippen molar-refractivity contribution in [3.8, 4) is 17.3 Å². The quantitative estimate of drug-likeness (QED) is 0.421. The van der Waals surface area contributed by atoms with E-state index in [1.54, 1.807) is 55.7 Å². The summed E-state index contributed by atoms with van der Waals surface area (Å²) in [7, 11) is 1.61. The molecule has 172 valence electrons. The normalized spacial score (nSPS) is 10.3. The number of anilines is 3. The molecule has 2 aromatic carbocycles. The summed E-state index contributed by atoms with van der Waals surface area (Å²) in [5.41, 5.74) is 8.78. The second-order valence-electron chi connectivity index (χ2n) is 7.54. The topological polar surface area (TPSA) is 125 Å². The highest BCUT2D eigenvalue weighted by atomic mass is 35.5. The Bertz CT molecular complexity index is 1450. The van der Waals surface area contributed by atoms with Gasteiger partial charge in [0.1, 0.15) is 5.82 Å². The zero-order valence-electron chi connectivity index (χ0n) is 18.6. The van der Waals surface area contributed by atoms with E-state index in [2.05, 4.69) is 21.4 Å². The predicted octanol–water partition coefficient (Wildman–Crippen LogP) is 4.78. The minimum Gasteiger partial charge on any atom is -0.384 e. The third kappa shape index (κ3) is 5.11. The molecule has 2 amide bonds. The second kappa shape index (κ2) is 10.0. The van der Waals surface area contributed by atoms with Crippen LogP contribution in [0, 0.1) is 11.3 Å². The van der Waals surface area contributed by atoms with E-state index in [1.807, 2.05) is 6.07 Å². The number of nitrogens with one attached hydrogen (secondary N) is 1. The van der Waals surface area contributed by atoms with Gasteiger partial charge in [-0.1, -0.05) is 17.7 Å². The summed E-state index contributed by atoms with van der Waals surface area (Å²) in [4.78, 5) is 35.5. The van der Waals surface area contributed by atoms with Gasteiger partial charge in [0.25, 0.3) is 11.8 Å². The summed E-state index contributed by atoms with van der Waals surface area (Å²) < 4.78 is 0. The molecule has 0 bridgehead atoms. The minimum absolute atomic E-state index is 0.121. The van der Waals surface area contributed by atoms with Crippen molar-refractivity contribution in [2.24, 2.45) is 0 Å². The van der Waals surface area contributed by atoms with E-state index in [1.165, 1.54) is 29.3 Å². The minimum atomic E-state index is -0.457. The van der Waals surface area contributed by atoms with E-state index in [4.69, 9.17) is 17.3 Å². The van der Waals surface area contributed by atoms with Crippen molar-refractivity contribution in [3.05, 3.63) is 101 Å². The first-order chi connectivity index (χ1) is 16.9. The molecule has 0 fully saturated rings. The van der Waals surface area contributed by atoms with E-state index in [0.717, 1.165) is 0 Å². The fourth-order valence-electron chi connectivity index (χ4n) is 3.39. The number of aromatic nitrogens is 2. The molecule has 8 nitrogen and oxygen atoms in total. The van der Waals surface area contributed by atoms with Gasteiger partial charge in [0.2, 0.25) is 0 Å². The van der Waals surface area contributed by atoms with Crippen molar-refractivity contribution in [1.82, 2.24) is 9.97 Å². The van der Waals surface area contributed by atoms with Crippen LogP contribution in [0.2, 0.25) is 5.02 Å². The number of pyridine rings is 2. The number of amides is 2. The van der Waals surface area contributed by atoms with E-state index in [9.17, 15) is 14.9 Å². The third-order valence-electron chi connectivity index (χ3n) is 5.26. The van der Waals surface area contributed by atoms with Crippen LogP contribution in [0.5, 0.6) is 0 Å². The van der Waals surface area contributed by atoms with Gasteiger partial charge in [-0.25, -0.2) is 4.98 Å². The fraction of sp³-hybridized carbons (Fsp3) is 0.0385. The van der Waals surface area contributed by atoms with Gasteiger partial charge in [-0.2, -0.15) is 5.26 Å². The molecule has 2 heterocycles. The molecule has 0 radical (unpaired) electrons. The molecule has 0 spiro atoms. The predicted molar refractivity (Wildman–Crippen MR) is 135 cm³/mol. The van der Waals surface area contributed by atoms with Crippen LogP contribution in [0.3, 0.4) is 0 Å². The SMILES string of the molecule is CN(C(=O)c1ccc(C(=O)Nc2ccc(C#N)c(-c3ccccn3)c2)c(Cl)c1)c1ccc(N)nc1. The molecule has 4 rings (SSSR count). The Balaban J connectivity index is 1.54. The maximum absolute atomic E-state index is 12.9. The summed E-state index contributed by atoms with van der Waals surface area (Å²) >= 11 is 6.37. The Kier molecular flexibility index (Phi) is 6.71. The van der Waals surface area contributed by atoms with E-state index < -0.39 is 5.91 Å². The van der Waals surface area contributed by atoms with Crippen LogP contribution in [0.15, 0.2) is 79.1 Å². The standard InChI is InChI=1S/C26H19ClN6O2/c1-33(19-8-10-24(29)31-15-19)26(35)16-6-9-20(22(27)12-16)25(34)32-18-7-5-17(14-28)21(13-18)23-4-2-3-11-30-23/h2-13,15H,1H3,(H2,29,31)(H,32,34). The number of halogens is 1. The first kappa shape index (κ1) is 23.4. The lowest BCUT2D eigenvalue weighted by atomic mass is 10.0. The second-order valence-corrected chi connectivity index (χ2v) is 7.95. The molecule has 4 aromatic rings. The lowest BCUT2D eigenvalue weighted by Crippen LogP contribution is -2.26. The Hall–Kier alpha value is -4.74. The van der Waals surface area contributed by atoms with Crippen molar-refractivity contribution in [2.45, 2.75) is 0 Å². The van der Waals surface area contributed by atoms with Gasteiger partial charge in [0.15, 0.2) is 0 Å². The van der Waals surface area contributed by atoms with Crippen molar-refractivity contribution in [2.75, 3.05) is 23.0 Å². The van der Waals surface area contributed by atoms with Crippen LogP contribution in [0.4, 0.5) is 17.2 Å². The monoisotopic (exact) mass is 482 g/mol. The summed E-state index contributed by atoms with van der Waals surface area (Å²) in [5.74, 6) is -0.429. The van der Waals surface area contributed by atoms with Gasteiger partial charge in [-0.05, 0) is 60.7 Å². The first-order valence-electron chi connectivity index (χ1n) is 10.4. The zero-order chi connectivity index (χ0) is 24.9. The van der Waals surface area contributed by atoms with E-state index in [-0.39, 0.29) is 16.5 Å². The number of hydrogen-bond donors (Lipinski definition) is 2. The van der Waals surface area contributed by atoms with Crippen molar-refractivity contribution >= 4 is 40.6 Å². The number of hydrogen-bond acceptors (Lipinski definition) is 6. The highest BCUT2D eigenvalue weighted by molar-refractivity contribution is 6.35. The Morgan fingerprint density at radius 2 is 1.89 bits per heavy atom. The number of nitrogens with two attached hydrogens (primary N) is 1. The number of benzene rings is 2. The molecule has 3 N–H and O–H groups in total. The summed E-state index contributed by atoms with van der Waals surface area (Å²) in [6.45, 7) is 0. The summed E-state index contributed by atoms with van der Waals surface area (Å²) in [5, 5.41) is 12.3. The lowest BCUT2D eigenvalue weighted by molar-refractivity contribution is 0.0989. The lowest BCUT2D eigenvalue weighted by Gasteiger charge is -2.17. The summed E-state index contributed by atoms with van der Waals surface area (Å²) in [6.07, 6.45) is 3.12. The smallest absolute Gasteiger partial charge is 0.258 e. The van der Waals surface area contributed by atoms with Crippen LogP contribution in [0.1, 0.15) is 26.3 Å². The molecule has 0 saturated carbocycles. The van der Waals surface area contributed by atoms with Gasteiger partial charge in [0, 0.05) is 30.1 Å². The zero-order valence-corrected chi connectivity index (χ0v) is 19.3. The molecule has 35 heavy (non-hydrogen) atoms. The maximum Gasteiger partial charge on any atom is 0.258 e. The summed E-state index contributed by atoms with van der Waals surface area (Å²) in [6, 6.07) is 20.2. The van der Waals surface area contributed by atoms with Crippen LogP contribution < -0.4 is 16.0 Å². The number of nitrogen functional groups attached to an aromatic ring is 1. The van der Waals surface area contributed by atoms with Crippen LogP contribution in [0.25, 0.3) is 11.3 Å². The van der Waals surface area contributed by atoms with Crippen molar-refractivity contribution in [3.63, 3.8) is 0 Å². The molecule has 0 atom stereocenters. The third-order valence-corrected chi connectivity index (χ3v) is 5.57. The highest BCUT2D eigenvalue weighted by Crippen LogP contribution is 2.27. The Morgan fingerprint density at radius 3 is 2.54 bits per heavy atom. The Morgan fingerprint density at radius 1 is 1.06 bits per heavy atom. The average molecular weight is 483 g/mol. The largest absolute Gasteiger partial charge is 0.384 e. The molecular weight excluding hydrogens is 464 g/mol. The fourth-order valence-corrected chi connectivity index (χ4v) is 3.66. The number of rotatable bonds is 5. The molecule has 0 unspecified atom stereocenters. The molecule has 2 aromatic heterocycles. The van der Waals surface area contributed by atoms with Crippen molar-refractivity contribution in [1.29, 1.82) is 5.26 Å². The molecule has 0 aliphatic heterocycles. The van der Waals surface area contributed by atoms with Crippen LogP contribution >= 0.6 is 11.6 Å². The van der Waals surface area contributed by atoms with Gasteiger partial charge >= 0.3 is 0 Å². The highest BCUT2D eigenvalue weighted by Gasteiger charge is 2.18. The van der Waals surface area contributed by atoms with Crippen LogP contribution in [-0.4, -0.2) is 28.8 Å². The number of carbonyl (C=O) groups is 2. The molecule has 0 aliphatic rings. The van der Waals surface area contributed by atoms with Gasteiger partial charge < -0.3 is 16.0 Å². The average Bonchev–Trinajstić information content (AvgIpc) is 2.88. The molecular formula is C26H19ClN6O2. The van der Waals surface area contributed by atoms with Gasteiger partial charge in [-0.15, -0.1) is 0 Å². The molecule has 0 saturated heterocycles. The number of nitrogens with zero attached hydrogens (tertiary/aromatic N) is 4.